The summed E-state index contributed by atoms with van der Waals surface area (Å²) in [5, 5.41) is 11.1. The van der Waals surface area contributed by atoms with Gasteiger partial charge >= 0.3 is 5.97 Å². The number of nitrogens with zero attached hydrogens (tertiary/aromatic N) is 1. The molecular formula is C20H27BrN2O3S. The van der Waals surface area contributed by atoms with E-state index < -0.39 is 27.6 Å². The van der Waals surface area contributed by atoms with E-state index in [2.05, 4.69) is 25.6 Å². The first-order valence-corrected chi connectivity index (χ1v) is 10.7. The second-order valence-corrected chi connectivity index (χ2v) is 11.9. The summed E-state index contributed by atoms with van der Waals surface area (Å²) in [7, 11) is 0. The molecule has 0 aliphatic rings. The number of carboxylic acids is 1. The maximum Gasteiger partial charge on any atom is 0.333 e. The molecule has 0 aliphatic heterocycles. The molecule has 1 aromatic heterocycles. The molecule has 2 N–H and O–H groups in total. The third-order valence-electron chi connectivity index (χ3n) is 4.12. The molecule has 5 nitrogen and oxygen atoms in total. The third-order valence-corrected chi connectivity index (χ3v) is 6.20. The number of carboxylic acid groups (broad SMARTS) is 1. The number of hydrogen-bond donors (Lipinski definition) is 2. The summed E-state index contributed by atoms with van der Waals surface area (Å²) in [6.45, 7) is 11.4. The van der Waals surface area contributed by atoms with E-state index in [9.17, 15) is 14.5 Å². The van der Waals surface area contributed by atoms with Gasteiger partial charge in [0.05, 0.1) is 5.52 Å². The van der Waals surface area contributed by atoms with Crippen LogP contribution in [0.25, 0.3) is 10.9 Å². The fourth-order valence-electron chi connectivity index (χ4n) is 2.92. The first-order valence-electron chi connectivity index (χ1n) is 8.73. The van der Waals surface area contributed by atoms with Crippen LogP contribution in [-0.4, -0.2) is 25.4 Å². The van der Waals surface area contributed by atoms with Crippen LogP contribution >= 0.6 is 15.9 Å². The Morgan fingerprint density at radius 1 is 1.22 bits per heavy atom. The van der Waals surface area contributed by atoms with Crippen LogP contribution < -0.4 is 4.72 Å². The number of benzene rings is 1. The van der Waals surface area contributed by atoms with Gasteiger partial charge in [-0.3, -0.25) is 4.98 Å². The van der Waals surface area contributed by atoms with Gasteiger partial charge in [-0.15, -0.1) is 4.72 Å². The summed E-state index contributed by atoms with van der Waals surface area (Å²) in [4.78, 5) is 16.9. The highest BCUT2D eigenvalue weighted by molar-refractivity contribution is 9.10. The molecule has 2 atom stereocenters. The summed E-state index contributed by atoms with van der Waals surface area (Å²) < 4.78 is 16.1. The van der Waals surface area contributed by atoms with Crippen molar-refractivity contribution >= 4 is 44.2 Å². The first kappa shape index (κ1) is 22.1. The Balaban J connectivity index is 2.68. The molecule has 148 valence electrons. The molecule has 0 aliphatic carbocycles. The van der Waals surface area contributed by atoms with Crippen molar-refractivity contribution in [3.63, 3.8) is 0 Å². The summed E-state index contributed by atoms with van der Waals surface area (Å²) in [5.74, 6) is -1.04. The number of nitrogens with one attached hydrogen (secondary N) is 1. The van der Waals surface area contributed by atoms with Gasteiger partial charge in [0.25, 0.3) is 0 Å². The minimum absolute atomic E-state index is 0.282. The van der Waals surface area contributed by atoms with Crippen molar-refractivity contribution in [2.75, 3.05) is 0 Å². The Hall–Kier alpha value is -1.15. The Morgan fingerprint density at radius 3 is 2.37 bits per heavy atom. The highest BCUT2D eigenvalue weighted by Gasteiger charge is 2.49. The standard InChI is InChI=1S/C20H27BrN2O3S/c1-18(2,3)12-20(17(24)25,23-27(26)19(4,5)6)14-7-8-16-13(9-14)10-15(21)11-22-16/h7-11,23H,12H2,1-6H3,(H,24,25)/t20-,27+/m1/s1. The number of carbonyl (C=O) groups is 1. The Labute approximate surface area is 172 Å². The van der Waals surface area contributed by atoms with Crippen molar-refractivity contribution in [1.29, 1.82) is 0 Å². The van der Waals surface area contributed by atoms with Gasteiger partial charge in [0, 0.05) is 27.4 Å². The Kier molecular flexibility index (Phi) is 6.31. The minimum Gasteiger partial charge on any atom is -0.598 e. The van der Waals surface area contributed by atoms with Crippen LogP contribution in [0.2, 0.25) is 0 Å². The number of rotatable bonds is 5. The van der Waals surface area contributed by atoms with Crippen molar-refractivity contribution in [2.45, 2.75) is 58.2 Å². The molecule has 0 amide bonds. The smallest absolute Gasteiger partial charge is 0.333 e. The van der Waals surface area contributed by atoms with Crippen LogP contribution in [-0.2, 0) is 21.7 Å². The van der Waals surface area contributed by atoms with Gasteiger partial charge in [-0.2, -0.15) is 0 Å². The van der Waals surface area contributed by atoms with Crippen LogP contribution in [0.3, 0.4) is 0 Å². The summed E-state index contributed by atoms with van der Waals surface area (Å²) >= 11 is 1.85. The molecule has 2 aromatic rings. The SMILES string of the molecule is CC(C)(C)C[C@](N[S@@+]([O-])C(C)(C)C)(C(=O)O)c1ccc2ncc(Br)cc2c1. The highest BCUT2D eigenvalue weighted by atomic mass is 79.9. The molecule has 0 unspecified atom stereocenters. The van der Waals surface area contributed by atoms with Gasteiger partial charge in [-0.1, -0.05) is 26.8 Å². The van der Waals surface area contributed by atoms with Crippen LogP contribution in [0, 0.1) is 5.41 Å². The second-order valence-electron chi connectivity index (χ2n) is 8.99. The molecule has 0 spiro atoms. The lowest BCUT2D eigenvalue weighted by Crippen LogP contribution is -2.57. The lowest BCUT2D eigenvalue weighted by Gasteiger charge is -2.38. The second kappa shape index (κ2) is 7.70. The largest absolute Gasteiger partial charge is 0.598 e. The molecule has 1 heterocycles. The van der Waals surface area contributed by atoms with Gasteiger partial charge in [0.15, 0.2) is 5.54 Å². The number of halogens is 1. The molecular weight excluding hydrogens is 428 g/mol. The van der Waals surface area contributed by atoms with E-state index in [-0.39, 0.29) is 11.8 Å². The number of fused-ring (bicyclic) bond motifs is 1. The summed E-state index contributed by atoms with van der Waals surface area (Å²) in [6, 6.07) is 7.28. The molecule has 0 saturated carbocycles. The van der Waals surface area contributed by atoms with Gasteiger partial charge in [-0.25, -0.2) is 4.79 Å². The van der Waals surface area contributed by atoms with E-state index in [4.69, 9.17) is 0 Å². The predicted molar refractivity (Wildman–Crippen MR) is 114 cm³/mol. The van der Waals surface area contributed by atoms with Gasteiger partial charge in [0.2, 0.25) is 0 Å². The van der Waals surface area contributed by atoms with Crippen molar-refractivity contribution in [1.82, 2.24) is 9.71 Å². The first-order chi connectivity index (χ1) is 12.2. The minimum atomic E-state index is -1.56. The summed E-state index contributed by atoms with van der Waals surface area (Å²) in [5.41, 5.74) is -0.450. The van der Waals surface area contributed by atoms with Gasteiger partial charge in [-0.05, 0) is 72.3 Å². The van der Waals surface area contributed by atoms with E-state index in [1.54, 1.807) is 18.3 Å². The monoisotopic (exact) mass is 454 g/mol. The molecule has 2 rings (SSSR count). The van der Waals surface area contributed by atoms with E-state index in [0.717, 1.165) is 15.4 Å². The number of aromatic nitrogens is 1. The number of aliphatic carboxylic acids is 1. The number of hydrogen-bond acceptors (Lipinski definition) is 4. The van der Waals surface area contributed by atoms with E-state index in [0.29, 0.717) is 5.56 Å². The van der Waals surface area contributed by atoms with E-state index in [1.807, 2.05) is 53.7 Å². The summed E-state index contributed by atoms with van der Waals surface area (Å²) in [6.07, 6.45) is 1.98. The molecule has 0 bridgehead atoms. The van der Waals surface area contributed by atoms with Crippen molar-refractivity contribution in [2.24, 2.45) is 5.41 Å². The lowest BCUT2D eigenvalue weighted by atomic mass is 9.76. The lowest BCUT2D eigenvalue weighted by molar-refractivity contribution is -0.146. The molecule has 0 fully saturated rings. The quantitative estimate of drug-likeness (QED) is 0.635. The third kappa shape index (κ3) is 5.22. The molecule has 0 saturated heterocycles. The Bertz CT molecular complexity index is 845. The van der Waals surface area contributed by atoms with Crippen LogP contribution in [0.15, 0.2) is 34.9 Å². The maximum atomic E-state index is 12.9. The molecule has 27 heavy (non-hydrogen) atoms. The van der Waals surface area contributed by atoms with Crippen molar-refractivity contribution in [3.05, 3.63) is 40.5 Å². The van der Waals surface area contributed by atoms with E-state index in [1.165, 1.54) is 0 Å². The average molecular weight is 455 g/mol. The maximum absolute atomic E-state index is 12.9. The molecule has 1 aromatic carbocycles. The fraction of sp³-hybridized carbons (Fsp3) is 0.500. The van der Waals surface area contributed by atoms with Crippen LogP contribution in [0.4, 0.5) is 0 Å². The normalized spacial score (nSPS) is 16.1. The van der Waals surface area contributed by atoms with Gasteiger partial charge < -0.3 is 9.66 Å². The number of pyridine rings is 1. The zero-order chi connectivity index (χ0) is 20.6. The average Bonchev–Trinajstić information content (AvgIpc) is 2.50. The molecule has 0 radical (unpaired) electrons. The fourth-order valence-corrected chi connectivity index (χ4v) is 4.17. The topological polar surface area (TPSA) is 85.3 Å². The van der Waals surface area contributed by atoms with Crippen molar-refractivity contribution in [3.8, 4) is 0 Å². The zero-order valence-electron chi connectivity index (χ0n) is 16.6. The zero-order valence-corrected chi connectivity index (χ0v) is 19.0. The van der Waals surface area contributed by atoms with Crippen LogP contribution in [0.1, 0.15) is 53.5 Å². The Morgan fingerprint density at radius 2 is 1.85 bits per heavy atom. The van der Waals surface area contributed by atoms with E-state index >= 15 is 0 Å². The molecule has 7 heteroatoms. The van der Waals surface area contributed by atoms with Crippen LogP contribution in [0.5, 0.6) is 0 Å². The predicted octanol–water partition coefficient (Wildman–Crippen LogP) is 4.77. The van der Waals surface area contributed by atoms with Crippen molar-refractivity contribution < 1.29 is 14.5 Å². The highest BCUT2D eigenvalue weighted by Crippen LogP contribution is 2.38. The van der Waals surface area contributed by atoms with Gasteiger partial charge in [0.1, 0.15) is 4.75 Å².